The molecule has 3 nitrogen and oxygen atoms in total. The SMILES string of the molecule is O=C1ON=C(c2ccccc2)C1=C(c1ccccc1)c1ccccc1. The number of oxime groups is 1. The third-order valence-corrected chi connectivity index (χ3v) is 4.08. The van der Waals surface area contributed by atoms with Crippen molar-refractivity contribution >= 4 is 17.3 Å². The quantitative estimate of drug-likeness (QED) is 0.527. The van der Waals surface area contributed by atoms with Crippen LogP contribution in [-0.4, -0.2) is 11.7 Å². The monoisotopic (exact) mass is 325 g/mol. The first-order chi connectivity index (χ1) is 12.3. The summed E-state index contributed by atoms with van der Waals surface area (Å²) < 4.78 is 0. The molecule has 3 aromatic rings. The predicted molar refractivity (Wildman–Crippen MR) is 98.0 cm³/mol. The summed E-state index contributed by atoms with van der Waals surface area (Å²) in [6.07, 6.45) is 0. The number of carbonyl (C=O) groups excluding carboxylic acids is 1. The molecule has 0 aliphatic carbocycles. The van der Waals surface area contributed by atoms with Crippen molar-refractivity contribution < 1.29 is 9.63 Å². The van der Waals surface area contributed by atoms with E-state index in [9.17, 15) is 4.79 Å². The molecule has 25 heavy (non-hydrogen) atoms. The Hall–Kier alpha value is -3.46. The minimum atomic E-state index is -0.429. The van der Waals surface area contributed by atoms with Gasteiger partial charge in [0.15, 0.2) is 0 Å². The lowest BCUT2D eigenvalue weighted by Crippen LogP contribution is -2.11. The van der Waals surface area contributed by atoms with Crippen molar-refractivity contribution in [1.82, 2.24) is 0 Å². The van der Waals surface area contributed by atoms with Gasteiger partial charge >= 0.3 is 5.97 Å². The third-order valence-electron chi connectivity index (χ3n) is 4.08. The van der Waals surface area contributed by atoms with Gasteiger partial charge in [0, 0.05) is 11.1 Å². The smallest absolute Gasteiger partial charge is 0.312 e. The molecule has 0 aromatic heterocycles. The molecule has 1 aliphatic rings. The normalized spacial score (nSPS) is 13.4. The van der Waals surface area contributed by atoms with Crippen LogP contribution in [0.4, 0.5) is 0 Å². The molecule has 0 amide bonds. The van der Waals surface area contributed by atoms with E-state index in [1.165, 1.54) is 0 Å². The van der Waals surface area contributed by atoms with Gasteiger partial charge in [-0.05, 0) is 11.1 Å². The van der Waals surface area contributed by atoms with E-state index in [-0.39, 0.29) is 0 Å². The second-order valence-corrected chi connectivity index (χ2v) is 5.67. The molecule has 0 saturated heterocycles. The molecule has 3 aromatic carbocycles. The minimum Gasteiger partial charge on any atom is -0.312 e. The van der Waals surface area contributed by atoms with Crippen LogP contribution in [0, 0.1) is 0 Å². The number of rotatable bonds is 3. The minimum absolute atomic E-state index is 0.429. The Morgan fingerprint density at radius 3 is 1.68 bits per heavy atom. The molecular formula is C22H15NO2. The van der Waals surface area contributed by atoms with Crippen LogP contribution < -0.4 is 0 Å². The van der Waals surface area contributed by atoms with Crippen LogP contribution in [-0.2, 0) is 9.63 Å². The number of hydrogen-bond acceptors (Lipinski definition) is 3. The Bertz CT molecular complexity index is 917. The lowest BCUT2D eigenvalue weighted by molar-refractivity contribution is -0.136. The van der Waals surface area contributed by atoms with Gasteiger partial charge in [-0.2, -0.15) is 0 Å². The topological polar surface area (TPSA) is 38.7 Å². The van der Waals surface area contributed by atoms with Crippen molar-refractivity contribution in [2.75, 3.05) is 0 Å². The van der Waals surface area contributed by atoms with Crippen molar-refractivity contribution in [3.63, 3.8) is 0 Å². The average molecular weight is 325 g/mol. The van der Waals surface area contributed by atoms with E-state index in [1.54, 1.807) is 0 Å². The zero-order valence-electron chi connectivity index (χ0n) is 13.4. The largest absolute Gasteiger partial charge is 0.368 e. The van der Waals surface area contributed by atoms with Crippen LogP contribution in [0.1, 0.15) is 16.7 Å². The Morgan fingerprint density at radius 2 is 1.16 bits per heavy atom. The Balaban J connectivity index is 1.99. The highest BCUT2D eigenvalue weighted by Crippen LogP contribution is 2.32. The molecule has 120 valence electrons. The summed E-state index contributed by atoms with van der Waals surface area (Å²) >= 11 is 0. The Labute approximate surface area is 145 Å². The first kappa shape index (κ1) is 15.1. The van der Waals surface area contributed by atoms with Crippen LogP contribution in [0.15, 0.2) is 102 Å². The first-order valence-electron chi connectivity index (χ1n) is 8.05. The molecule has 0 radical (unpaired) electrons. The number of benzene rings is 3. The second kappa shape index (κ2) is 6.57. The number of carbonyl (C=O) groups is 1. The van der Waals surface area contributed by atoms with E-state index in [4.69, 9.17) is 4.84 Å². The molecule has 0 saturated carbocycles. The molecule has 0 fully saturated rings. The molecule has 0 unspecified atom stereocenters. The van der Waals surface area contributed by atoms with Crippen LogP contribution >= 0.6 is 0 Å². The van der Waals surface area contributed by atoms with Crippen LogP contribution in [0.3, 0.4) is 0 Å². The second-order valence-electron chi connectivity index (χ2n) is 5.67. The van der Waals surface area contributed by atoms with Gasteiger partial charge in [0.25, 0.3) is 0 Å². The number of nitrogens with zero attached hydrogens (tertiary/aromatic N) is 1. The molecule has 0 spiro atoms. The molecule has 3 heteroatoms. The maximum atomic E-state index is 12.6. The van der Waals surface area contributed by atoms with Crippen LogP contribution in [0.25, 0.3) is 5.57 Å². The van der Waals surface area contributed by atoms with Crippen molar-refractivity contribution in [1.29, 1.82) is 0 Å². The van der Waals surface area contributed by atoms with Gasteiger partial charge in [0.2, 0.25) is 0 Å². The van der Waals surface area contributed by atoms with E-state index >= 15 is 0 Å². The van der Waals surface area contributed by atoms with Gasteiger partial charge < -0.3 is 4.84 Å². The summed E-state index contributed by atoms with van der Waals surface area (Å²) in [5.41, 5.74) is 4.63. The zero-order chi connectivity index (χ0) is 17.1. The molecule has 0 N–H and O–H groups in total. The average Bonchev–Trinajstić information content (AvgIpc) is 3.06. The van der Waals surface area contributed by atoms with E-state index in [0.717, 1.165) is 22.3 Å². The Kier molecular flexibility index (Phi) is 3.97. The summed E-state index contributed by atoms with van der Waals surface area (Å²) in [7, 11) is 0. The fourth-order valence-corrected chi connectivity index (χ4v) is 2.95. The molecule has 0 bridgehead atoms. The summed E-state index contributed by atoms with van der Waals surface area (Å²) in [6.45, 7) is 0. The van der Waals surface area contributed by atoms with E-state index in [1.807, 2.05) is 91.0 Å². The summed E-state index contributed by atoms with van der Waals surface area (Å²) in [4.78, 5) is 17.6. The predicted octanol–water partition coefficient (Wildman–Crippen LogP) is 4.45. The molecule has 0 atom stereocenters. The fraction of sp³-hybridized carbons (Fsp3) is 0. The van der Waals surface area contributed by atoms with Gasteiger partial charge in [0.1, 0.15) is 11.3 Å². The van der Waals surface area contributed by atoms with E-state index < -0.39 is 5.97 Å². The number of hydrogen-bond donors (Lipinski definition) is 0. The van der Waals surface area contributed by atoms with Crippen molar-refractivity contribution in [3.8, 4) is 0 Å². The van der Waals surface area contributed by atoms with Crippen LogP contribution in [0.2, 0.25) is 0 Å². The molecule has 1 aliphatic heterocycles. The highest BCUT2D eigenvalue weighted by molar-refractivity contribution is 6.33. The first-order valence-corrected chi connectivity index (χ1v) is 8.05. The Morgan fingerprint density at radius 1 is 0.680 bits per heavy atom. The van der Waals surface area contributed by atoms with Gasteiger partial charge in [-0.3, -0.25) is 0 Å². The summed E-state index contributed by atoms with van der Waals surface area (Å²) in [5.74, 6) is -0.429. The van der Waals surface area contributed by atoms with Gasteiger partial charge in [-0.15, -0.1) is 0 Å². The summed E-state index contributed by atoms with van der Waals surface area (Å²) in [6, 6.07) is 29.3. The highest BCUT2D eigenvalue weighted by Gasteiger charge is 2.31. The van der Waals surface area contributed by atoms with Gasteiger partial charge in [0.05, 0.1) is 0 Å². The van der Waals surface area contributed by atoms with Gasteiger partial charge in [-0.25, -0.2) is 4.79 Å². The van der Waals surface area contributed by atoms with E-state index in [0.29, 0.717) is 11.3 Å². The maximum Gasteiger partial charge on any atom is 0.368 e. The van der Waals surface area contributed by atoms with E-state index in [2.05, 4.69) is 5.16 Å². The van der Waals surface area contributed by atoms with Crippen molar-refractivity contribution in [2.24, 2.45) is 5.16 Å². The lowest BCUT2D eigenvalue weighted by atomic mass is 9.89. The zero-order valence-corrected chi connectivity index (χ0v) is 13.4. The molecule has 1 heterocycles. The third kappa shape index (κ3) is 2.88. The fourth-order valence-electron chi connectivity index (χ4n) is 2.95. The highest BCUT2D eigenvalue weighted by atomic mass is 16.7. The van der Waals surface area contributed by atoms with Crippen molar-refractivity contribution in [3.05, 3.63) is 113 Å². The lowest BCUT2D eigenvalue weighted by Gasteiger charge is -2.12. The standard InChI is InChI=1S/C22H15NO2/c24-22-20(21(23-25-22)18-14-8-3-9-15-18)19(16-10-4-1-5-11-16)17-12-6-2-7-13-17/h1-15H. The van der Waals surface area contributed by atoms with Crippen molar-refractivity contribution in [2.45, 2.75) is 0 Å². The molecule has 4 rings (SSSR count). The van der Waals surface area contributed by atoms with Crippen LogP contribution in [0.5, 0.6) is 0 Å². The summed E-state index contributed by atoms with van der Waals surface area (Å²) in [5, 5.41) is 4.05. The molecular weight excluding hydrogens is 310 g/mol. The van der Waals surface area contributed by atoms with Gasteiger partial charge in [-0.1, -0.05) is 96.2 Å². The maximum absolute atomic E-state index is 12.6.